The van der Waals surface area contributed by atoms with Gasteiger partial charge in [-0.1, -0.05) is 24.3 Å². The fourth-order valence-electron chi connectivity index (χ4n) is 2.67. The number of pyridine rings is 1. The molecular formula is C18H21N5S. The van der Waals surface area contributed by atoms with Crippen LogP contribution in [0.2, 0.25) is 0 Å². The number of thiazole rings is 1. The summed E-state index contributed by atoms with van der Waals surface area (Å²) in [5.41, 5.74) is 3.25. The van der Waals surface area contributed by atoms with Crippen LogP contribution < -0.4 is 5.32 Å². The van der Waals surface area contributed by atoms with Crippen molar-refractivity contribution in [3.05, 3.63) is 58.2 Å². The highest BCUT2D eigenvalue weighted by atomic mass is 32.1. The van der Waals surface area contributed by atoms with Gasteiger partial charge in [-0.3, -0.25) is 9.98 Å². The Balaban J connectivity index is 1.69. The molecule has 0 spiro atoms. The lowest BCUT2D eigenvalue weighted by atomic mass is 10.1. The van der Waals surface area contributed by atoms with Crippen LogP contribution >= 0.6 is 11.3 Å². The summed E-state index contributed by atoms with van der Waals surface area (Å²) in [5.74, 6) is 0.841. The van der Waals surface area contributed by atoms with Gasteiger partial charge in [0.2, 0.25) is 0 Å². The van der Waals surface area contributed by atoms with Crippen molar-refractivity contribution >= 4 is 28.2 Å². The number of aryl methyl sites for hydroxylation is 1. The Kier molecular flexibility index (Phi) is 5.05. The van der Waals surface area contributed by atoms with Gasteiger partial charge in [0.05, 0.1) is 22.8 Å². The van der Waals surface area contributed by atoms with E-state index in [0.717, 1.165) is 39.7 Å². The van der Waals surface area contributed by atoms with Crippen LogP contribution in [-0.2, 0) is 13.1 Å². The summed E-state index contributed by atoms with van der Waals surface area (Å²) in [5, 5.41) is 7.74. The number of hydrogen-bond acceptors (Lipinski definition) is 4. The summed E-state index contributed by atoms with van der Waals surface area (Å²) in [6.07, 6.45) is 1.83. The number of nitrogens with zero attached hydrogens (tertiary/aromatic N) is 4. The molecule has 3 rings (SSSR count). The van der Waals surface area contributed by atoms with Gasteiger partial charge in [-0.05, 0) is 18.6 Å². The molecule has 0 aliphatic rings. The maximum Gasteiger partial charge on any atom is 0.194 e. The van der Waals surface area contributed by atoms with Crippen molar-refractivity contribution in [2.75, 3.05) is 14.1 Å². The second-order valence-electron chi connectivity index (χ2n) is 5.61. The van der Waals surface area contributed by atoms with Gasteiger partial charge in [-0.25, -0.2) is 4.98 Å². The first-order chi connectivity index (χ1) is 11.7. The minimum absolute atomic E-state index is 0.682. The summed E-state index contributed by atoms with van der Waals surface area (Å²) in [4.78, 5) is 15.5. The molecule has 0 bridgehead atoms. The lowest BCUT2D eigenvalue weighted by Crippen LogP contribution is -2.38. The number of aliphatic imine (C=N–C) groups is 1. The van der Waals surface area contributed by atoms with Gasteiger partial charge in [0, 0.05) is 37.6 Å². The maximum absolute atomic E-state index is 4.51. The summed E-state index contributed by atoms with van der Waals surface area (Å²) < 4.78 is 0. The van der Waals surface area contributed by atoms with E-state index in [1.807, 2.05) is 26.2 Å². The predicted molar refractivity (Wildman–Crippen MR) is 100 cm³/mol. The number of fused-ring (bicyclic) bond motifs is 1. The predicted octanol–water partition coefficient (Wildman–Crippen LogP) is 3.21. The van der Waals surface area contributed by atoms with Crippen molar-refractivity contribution in [1.29, 1.82) is 0 Å². The monoisotopic (exact) mass is 339 g/mol. The molecule has 3 aromatic rings. The van der Waals surface area contributed by atoms with Gasteiger partial charge >= 0.3 is 0 Å². The highest BCUT2D eigenvalue weighted by Gasteiger charge is 2.09. The first kappa shape index (κ1) is 16.4. The smallest absolute Gasteiger partial charge is 0.194 e. The molecule has 1 aromatic carbocycles. The second kappa shape index (κ2) is 7.40. The Labute approximate surface area is 146 Å². The number of guanidine groups is 1. The SMILES string of the molecule is CN=C(NCc1cccc2cccnc12)N(C)Cc1csc(C)n1. The number of para-hydroxylation sites is 1. The Morgan fingerprint density at radius 2 is 2.12 bits per heavy atom. The fraction of sp³-hybridized carbons (Fsp3) is 0.278. The maximum atomic E-state index is 4.51. The summed E-state index contributed by atoms with van der Waals surface area (Å²) in [6.45, 7) is 3.44. The van der Waals surface area contributed by atoms with Gasteiger partial charge in [0.25, 0.3) is 0 Å². The molecule has 0 amide bonds. The van der Waals surface area contributed by atoms with Gasteiger partial charge in [0.1, 0.15) is 0 Å². The van der Waals surface area contributed by atoms with E-state index in [0.29, 0.717) is 6.54 Å². The van der Waals surface area contributed by atoms with Gasteiger partial charge in [-0.15, -0.1) is 11.3 Å². The molecular weight excluding hydrogens is 318 g/mol. The zero-order valence-corrected chi connectivity index (χ0v) is 15.0. The van der Waals surface area contributed by atoms with Gasteiger partial charge < -0.3 is 10.2 Å². The Hall–Kier alpha value is -2.47. The quantitative estimate of drug-likeness (QED) is 0.586. The number of benzene rings is 1. The van der Waals surface area contributed by atoms with E-state index in [-0.39, 0.29) is 0 Å². The lowest BCUT2D eigenvalue weighted by Gasteiger charge is -2.21. The van der Waals surface area contributed by atoms with Gasteiger partial charge in [-0.2, -0.15) is 0 Å². The molecule has 5 nitrogen and oxygen atoms in total. The average Bonchev–Trinajstić information content (AvgIpc) is 3.00. The lowest BCUT2D eigenvalue weighted by molar-refractivity contribution is 0.470. The first-order valence-corrected chi connectivity index (χ1v) is 8.71. The van der Waals surface area contributed by atoms with Crippen LogP contribution in [0.25, 0.3) is 10.9 Å². The summed E-state index contributed by atoms with van der Waals surface area (Å²) in [6, 6.07) is 10.3. The van der Waals surface area contributed by atoms with Crippen LogP contribution in [0.4, 0.5) is 0 Å². The molecule has 0 radical (unpaired) electrons. The second-order valence-corrected chi connectivity index (χ2v) is 6.67. The summed E-state index contributed by atoms with van der Waals surface area (Å²) >= 11 is 1.67. The number of aromatic nitrogens is 2. The number of nitrogens with one attached hydrogen (secondary N) is 1. The molecule has 0 saturated heterocycles. The van der Waals surface area contributed by atoms with Gasteiger partial charge in [0.15, 0.2) is 5.96 Å². The average molecular weight is 339 g/mol. The van der Waals surface area contributed by atoms with Crippen LogP contribution in [-0.4, -0.2) is 34.9 Å². The third kappa shape index (κ3) is 3.71. The van der Waals surface area contributed by atoms with Crippen molar-refractivity contribution in [3.63, 3.8) is 0 Å². The Morgan fingerprint density at radius 3 is 2.88 bits per heavy atom. The van der Waals surface area contributed by atoms with E-state index in [9.17, 15) is 0 Å². The molecule has 0 unspecified atom stereocenters. The minimum Gasteiger partial charge on any atom is -0.352 e. The molecule has 0 aliphatic carbocycles. The van der Waals surface area contributed by atoms with E-state index in [2.05, 4.69) is 54.8 Å². The summed E-state index contributed by atoms with van der Waals surface area (Å²) in [7, 11) is 3.82. The third-order valence-electron chi connectivity index (χ3n) is 3.79. The molecule has 2 aromatic heterocycles. The molecule has 2 heterocycles. The van der Waals surface area contributed by atoms with Crippen LogP contribution in [0.5, 0.6) is 0 Å². The van der Waals surface area contributed by atoms with Crippen molar-refractivity contribution in [1.82, 2.24) is 20.2 Å². The highest BCUT2D eigenvalue weighted by molar-refractivity contribution is 7.09. The number of hydrogen-bond donors (Lipinski definition) is 1. The van der Waals surface area contributed by atoms with Crippen LogP contribution in [0, 0.1) is 6.92 Å². The van der Waals surface area contributed by atoms with E-state index in [4.69, 9.17) is 0 Å². The molecule has 0 saturated carbocycles. The van der Waals surface area contributed by atoms with Crippen LogP contribution in [0.3, 0.4) is 0 Å². The van der Waals surface area contributed by atoms with E-state index >= 15 is 0 Å². The standard InChI is InChI=1S/C18H21N5S/c1-13-22-16(12-24-13)11-23(3)18(19-2)21-10-15-7-4-6-14-8-5-9-20-17(14)15/h4-9,12H,10-11H2,1-3H3,(H,19,21). The molecule has 6 heteroatoms. The zero-order chi connectivity index (χ0) is 16.9. The van der Waals surface area contributed by atoms with Crippen molar-refractivity contribution < 1.29 is 0 Å². The van der Waals surface area contributed by atoms with Crippen LogP contribution in [0.15, 0.2) is 46.9 Å². The molecule has 24 heavy (non-hydrogen) atoms. The molecule has 0 aliphatic heterocycles. The molecule has 1 N–H and O–H groups in total. The largest absolute Gasteiger partial charge is 0.352 e. The highest BCUT2D eigenvalue weighted by Crippen LogP contribution is 2.16. The fourth-order valence-corrected chi connectivity index (χ4v) is 3.27. The minimum atomic E-state index is 0.682. The topological polar surface area (TPSA) is 53.4 Å². The Morgan fingerprint density at radius 1 is 1.29 bits per heavy atom. The molecule has 124 valence electrons. The Bertz CT molecular complexity index is 850. The molecule has 0 fully saturated rings. The van der Waals surface area contributed by atoms with E-state index in [1.54, 1.807) is 18.4 Å². The van der Waals surface area contributed by atoms with E-state index in [1.165, 1.54) is 0 Å². The van der Waals surface area contributed by atoms with E-state index < -0.39 is 0 Å². The van der Waals surface area contributed by atoms with Crippen molar-refractivity contribution in [2.45, 2.75) is 20.0 Å². The van der Waals surface area contributed by atoms with Crippen molar-refractivity contribution in [3.8, 4) is 0 Å². The normalized spacial score (nSPS) is 11.7. The first-order valence-electron chi connectivity index (χ1n) is 7.83. The molecule has 0 atom stereocenters. The number of rotatable bonds is 4. The zero-order valence-electron chi connectivity index (χ0n) is 14.2. The van der Waals surface area contributed by atoms with Crippen molar-refractivity contribution in [2.24, 2.45) is 4.99 Å². The van der Waals surface area contributed by atoms with Crippen LogP contribution in [0.1, 0.15) is 16.3 Å². The third-order valence-corrected chi connectivity index (χ3v) is 4.61.